The van der Waals surface area contributed by atoms with Crippen molar-refractivity contribution in [1.82, 2.24) is 5.32 Å². The maximum absolute atomic E-state index is 9.98. The van der Waals surface area contributed by atoms with Gasteiger partial charge in [0.15, 0.2) is 0 Å². The molecule has 0 spiro atoms. The fourth-order valence-electron chi connectivity index (χ4n) is 0.438. The van der Waals surface area contributed by atoms with Crippen LogP contribution >= 0.6 is 0 Å². The van der Waals surface area contributed by atoms with E-state index in [9.17, 15) is 9.59 Å². The van der Waals surface area contributed by atoms with Gasteiger partial charge >= 0.3 is 0 Å². The summed E-state index contributed by atoms with van der Waals surface area (Å²) in [5.41, 5.74) is 0. The molecule has 9 heavy (non-hydrogen) atoms. The summed E-state index contributed by atoms with van der Waals surface area (Å²) >= 11 is 0. The van der Waals surface area contributed by atoms with Gasteiger partial charge in [0.05, 0.1) is 0 Å². The third-order valence-electron chi connectivity index (χ3n) is 1.06. The van der Waals surface area contributed by atoms with Gasteiger partial charge in [-0.15, -0.1) is 0 Å². The third-order valence-corrected chi connectivity index (χ3v) is 1.06. The van der Waals surface area contributed by atoms with Crippen molar-refractivity contribution in [2.24, 2.45) is 5.92 Å². The molecular formula is C6H11NO2. The van der Waals surface area contributed by atoms with Gasteiger partial charge in [0.25, 0.3) is 0 Å². The third kappa shape index (κ3) is 5.00. The van der Waals surface area contributed by atoms with E-state index in [4.69, 9.17) is 0 Å². The van der Waals surface area contributed by atoms with E-state index < -0.39 is 0 Å². The number of carbonyl (C=O) groups is 2. The molecule has 0 rings (SSSR count). The molecular weight excluding hydrogens is 118 g/mol. The van der Waals surface area contributed by atoms with Crippen LogP contribution in [0.4, 0.5) is 0 Å². The van der Waals surface area contributed by atoms with E-state index in [2.05, 4.69) is 5.32 Å². The summed E-state index contributed by atoms with van der Waals surface area (Å²) in [6, 6.07) is 0. The number of rotatable bonds is 5. The number of hydrogen-bond acceptors (Lipinski definition) is 2. The average molecular weight is 129 g/mol. The molecule has 0 radical (unpaired) electrons. The zero-order chi connectivity index (χ0) is 7.11. The second-order valence-corrected chi connectivity index (χ2v) is 1.97. The van der Waals surface area contributed by atoms with Crippen LogP contribution in [0.2, 0.25) is 0 Å². The fraction of sp³-hybridized carbons (Fsp3) is 0.667. The molecule has 0 saturated heterocycles. The molecule has 0 saturated carbocycles. The molecule has 1 amide bonds. The van der Waals surface area contributed by atoms with Gasteiger partial charge in [-0.25, -0.2) is 0 Å². The van der Waals surface area contributed by atoms with Gasteiger partial charge in [0.1, 0.15) is 6.29 Å². The number of nitrogens with one attached hydrogen (secondary N) is 1. The van der Waals surface area contributed by atoms with Crippen molar-refractivity contribution in [3.8, 4) is 0 Å². The summed E-state index contributed by atoms with van der Waals surface area (Å²) in [7, 11) is 0. The lowest BCUT2D eigenvalue weighted by molar-refractivity contribution is -0.112. The fourth-order valence-corrected chi connectivity index (χ4v) is 0.438. The summed E-state index contributed by atoms with van der Waals surface area (Å²) in [4.78, 5) is 19.7. The molecule has 0 aromatic rings. The topological polar surface area (TPSA) is 46.2 Å². The van der Waals surface area contributed by atoms with E-state index in [0.717, 1.165) is 12.7 Å². The number of hydrogen-bond donors (Lipinski definition) is 1. The Hall–Kier alpha value is -0.860. The van der Waals surface area contributed by atoms with Crippen LogP contribution in [0.15, 0.2) is 0 Å². The van der Waals surface area contributed by atoms with Gasteiger partial charge in [-0.3, -0.25) is 4.79 Å². The predicted molar refractivity (Wildman–Crippen MR) is 33.9 cm³/mol. The molecule has 1 unspecified atom stereocenters. The Bertz CT molecular complexity index is 93.1. The molecule has 0 aromatic heterocycles. The molecule has 0 aliphatic rings. The lowest BCUT2D eigenvalue weighted by Crippen LogP contribution is -2.15. The van der Waals surface area contributed by atoms with Crippen molar-refractivity contribution in [1.29, 1.82) is 0 Å². The van der Waals surface area contributed by atoms with Gasteiger partial charge in [0, 0.05) is 12.5 Å². The van der Waals surface area contributed by atoms with Crippen LogP contribution in [-0.2, 0) is 9.59 Å². The first-order valence-corrected chi connectivity index (χ1v) is 2.93. The Morgan fingerprint density at radius 2 is 2.22 bits per heavy atom. The maximum Gasteiger partial charge on any atom is 0.207 e. The van der Waals surface area contributed by atoms with Crippen molar-refractivity contribution in [3.63, 3.8) is 0 Å². The van der Waals surface area contributed by atoms with Crippen molar-refractivity contribution < 1.29 is 9.59 Å². The Morgan fingerprint density at radius 3 is 2.67 bits per heavy atom. The molecule has 0 heterocycles. The largest absolute Gasteiger partial charge is 0.359 e. The van der Waals surface area contributed by atoms with Gasteiger partial charge in [-0.05, 0) is 6.42 Å². The van der Waals surface area contributed by atoms with E-state index in [1.807, 2.05) is 6.92 Å². The van der Waals surface area contributed by atoms with Crippen molar-refractivity contribution in [2.75, 3.05) is 6.54 Å². The first-order valence-electron chi connectivity index (χ1n) is 2.93. The predicted octanol–water partition coefficient (Wildman–Crippen LogP) is -0.0425. The Balaban J connectivity index is 3.05. The Labute approximate surface area is 54.4 Å². The quantitative estimate of drug-likeness (QED) is 0.418. The van der Waals surface area contributed by atoms with Gasteiger partial charge in [-0.1, -0.05) is 6.92 Å². The molecule has 0 fully saturated rings. The SMILES string of the molecule is CC(C=O)CCNC=O. The molecule has 1 N–H and O–H groups in total. The van der Waals surface area contributed by atoms with Crippen LogP contribution in [-0.4, -0.2) is 19.2 Å². The van der Waals surface area contributed by atoms with E-state index in [1.54, 1.807) is 0 Å². The van der Waals surface area contributed by atoms with Crippen molar-refractivity contribution in [2.45, 2.75) is 13.3 Å². The lowest BCUT2D eigenvalue weighted by Gasteiger charge is -1.99. The molecule has 3 nitrogen and oxygen atoms in total. The summed E-state index contributed by atoms with van der Waals surface area (Å²) in [5, 5.41) is 2.47. The zero-order valence-corrected chi connectivity index (χ0v) is 5.46. The van der Waals surface area contributed by atoms with Crippen LogP contribution in [0, 0.1) is 5.92 Å². The average Bonchev–Trinajstić information content (AvgIpc) is 1.89. The highest BCUT2D eigenvalue weighted by atomic mass is 16.1. The van der Waals surface area contributed by atoms with E-state index in [1.165, 1.54) is 0 Å². The summed E-state index contributed by atoms with van der Waals surface area (Å²) < 4.78 is 0. The molecule has 3 heteroatoms. The highest BCUT2D eigenvalue weighted by Gasteiger charge is 1.95. The second kappa shape index (κ2) is 5.28. The molecule has 0 aliphatic carbocycles. The molecule has 0 aromatic carbocycles. The minimum absolute atomic E-state index is 0.0532. The molecule has 0 bridgehead atoms. The van der Waals surface area contributed by atoms with Gasteiger partial charge < -0.3 is 10.1 Å². The monoisotopic (exact) mass is 129 g/mol. The molecule has 0 aliphatic heterocycles. The summed E-state index contributed by atoms with van der Waals surface area (Å²) in [6.07, 6.45) is 2.24. The normalized spacial score (nSPS) is 12.1. The minimum Gasteiger partial charge on any atom is -0.359 e. The molecule has 52 valence electrons. The van der Waals surface area contributed by atoms with Gasteiger partial charge in [-0.2, -0.15) is 0 Å². The van der Waals surface area contributed by atoms with Crippen molar-refractivity contribution >= 4 is 12.7 Å². The minimum atomic E-state index is 0.0532. The number of carbonyl (C=O) groups excluding carboxylic acids is 2. The standard InChI is InChI=1S/C6H11NO2/c1-6(4-8)2-3-7-5-9/h4-6H,2-3H2,1H3,(H,7,9). The zero-order valence-electron chi connectivity index (χ0n) is 5.46. The lowest BCUT2D eigenvalue weighted by atomic mass is 10.1. The Morgan fingerprint density at radius 1 is 1.56 bits per heavy atom. The smallest absolute Gasteiger partial charge is 0.207 e. The second-order valence-electron chi connectivity index (χ2n) is 1.97. The number of amides is 1. The summed E-state index contributed by atoms with van der Waals surface area (Å²) in [6.45, 7) is 2.41. The number of aldehydes is 1. The van der Waals surface area contributed by atoms with Gasteiger partial charge in [0.2, 0.25) is 6.41 Å². The van der Waals surface area contributed by atoms with E-state index >= 15 is 0 Å². The Kier molecular flexibility index (Phi) is 4.78. The van der Waals surface area contributed by atoms with E-state index in [0.29, 0.717) is 13.0 Å². The molecule has 1 atom stereocenters. The highest BCUT2D eigenvalue weighted by molar-refractivity contribution is 5.52. The first kappa shape index (κ1) is 8.14. The maximum atomic E-state index is 9.98. The van der Waals surface area contributed by atoms with E-state index in [-0.39, 0.29) is 5.92 Å². The highest BCUT2D eigenvalue weighted by Crippen LogP contribution is 1.93. The van der Waals surface area contributed by atoms with Crippen LogP contribution in [0.5, 0.6) is 0 Å². The van der Waals surface area contributed by atoms with Crippen molar-refractivity contribution in [3.05, 3.63) is 0 Å². The van der Waals surface area contributed by atoms with Crippen LogP contribution < -0.4 is 5.32 Å². The van der Waals surface area contributed by atoms with Crippen LogP contribution in [0.3, 0.4) is 0 Å². The van der Waals surface area contributed by atoms with Crippen LogP contribution in [0.25, 0.3) is 0 Å². The first-order chi connectivity index (χ1) is 4.31. The van der Waals surface area contributed by atoms with Crippen LogP contribution in [0.1, 0.15) is 13.3 Å². The summed E-state index contributed by atoms with van der Waals surface area (Å²) in [5.74, 6) is 0.0532.